The molecule has 4 heterocycles. The molecule has 0 bridgehead atoms. The van der Waals surface area contributed by atoms with E-state index < -0.39 is 9.73 Å². The molecule has 0 spiro atoms. The minimum atomic E-state index is -2.34. The molecule has 1 atom stereocenters. The van der Waals surface area contributed by atoms with Gasteiger partial charge in [0.25, 0.3) is 0 Å². The molecule has 0 amide bonds. The van der Waals surface area contributed by atoms with Gasteiger partial charge in [-0.1, -0.05) is 12.2 Å². The van der Waals surface area contributed by atoms with E-state index in [-0.39, 0.29) is 18.6 Å². The second kappa shape index (κ2) is 7.76. The van der Waals surface area contributed by atoms with Gasteiger partial charge >= 0.3 is 0 Å². The standard InChI is InChI=1S/C22H26N4O3S/c1-15-12-29-8-7-26(15)17-9-21(19-5-6-23-20-4-2-3-18(19)20)24-22(10-17)25-30(28)13-16(11-27)14-30/h2-3,5-6,9-10,15-16,27H,4,7-8,11-14H2,1H3/t15-,16?,30?/m1/s1. The molecular formula is C22H26N4O3S. The summed E-state index contributed by atoms with van der Waals surface area (Å²) in [6.45, 7) is 4.34. The van der Waals surface area contributed by atoms with Crippen molar-refractivity contribution >= 4 is 27.3 Å². The topological polar surface area (TPSA) is 87.9 Å². The van der Waals surface area contributed by atoms with Crippen LogP contribution in [-0.4, -0.2) is 63.2 Å². The van der Waals surface area contributed by atoms with Gasteiger partial charge in [0.1, 0.15) is 0 Å². The maximum atomic E-state index is 13.0. The average molecular weight is 427 g/mol. The highest BCUT2D eigenvalue weighted by molar-refractivity contribution is 7.95. The number of aliphatic hydroxyl groups is 1. The van der Waals surface area contributed by atoms with Crippen molar-refractivity contribution in [1.82, 2.24) is 9.97 Å². The van der Waals surface area contributed by atoms with Crippen LogP contribution in [0.2, 0.25) is 0 Å². The van der Waals surface area contributed by atoms with Crippen molar-refractivity contribution < 1.29 is 14.1 Å². The first kappa shape index (κ1) is 19.7. The van der Waals surface area contributed by atoms with Crippen LogP contribution in [0, 0.1) is 5.92 Å². The lowest BCUT2D eigenvalue weighted by Crippen LogP contribution is -2.43. The van der Waals surface area contributed by atoms with Gasteiger partial charge in [0.05, 0.1) is 34.3 Å². The molecule has 158 valence electrons. The van der Waals surface area contributed by atoms with Crippen molar-refractivity contribution in [2.45, 2.75) is 19.4 Å². The predicted octanol–water partition coefficient (Wildman–Crippen LogP) is 2.66. The third-order valence-corrected chi connectivity index (χ3v) is 8.45. The van der Waals surface area contributed by atoms with Crippen molar-refractivity contribution in [2.75, 3.05) is 42.8 Å². The third kappa shape index (κ3) is 3.64. The van der Waals surface area contributed by atoms with Gasteiger partial charge in [-0.15, -0.1) is 0 Å². The zero-order valence-corrected chi connectivity index (χ0v) is 17.8. The Bertz CT molecular complexity index is 1110. The summed E-state index contributed by atoms with van der Waals surface area (Å²) in [6.07, 6.45) is 6.86. The molecule has 0 unspecified atom stereocenters. The monoisotopic (exact) mass is 426 g/mol. The van der Waals surface area contributed by atoms with E-state index >= 15 is 0 Å². The first-order valence-electron chi connectivity index (χ1n) is 10.4. The van der Waals surface area contributed by atoms with E-state index in [0.29, 0.717) is 30.5 Å². The highest BCUT2D eigenvalue weighted by atomic mass is 32.2. The minimum Gasteiger partial charge on any atom is -0.396 e. The van der Waals surface area contributed by atoms with Gasteiger partial charge in [0.2, 0.25) is 0 Å². The Balaban J connectivity index is 1.61. The summed E-state index contributed by atoms with van der Waals surface area (Å²) < 4.78 is 23.2. The van der Waals surface area contributed by atoms with Gasteiger partial charge in [0, 0.05) is 72.1 Å². The van der Waals surface area contributed by atoms with Gasteiger partial charge in [-0.3, -0.25) is 4.98 Å². The van der Waals surface area contributed by atoms with E-state index in [9.17, 15) is 9.32 Å². The van der Waals surface area contributed by atoms with E-state index in [4.69, 9.17) is 9.72 Å². The lowest BCUT2D eigenvalue weighted by atomic mass is 10.0. The van der Waals surface area contributed by atoms with Crippen molar-refractivity contribution in [3.63, 3.8) is 0 Å². The Morgan fingerprint density at radius 2 is 2.23 bits per heavy atom. The number of hydrogen-bond donors (Lipinski definition) is 1. The lowest BCUT2D eigenvalue weighted by molar-refractivity contribution is 0.0989. The number of rotatable bonds is 4. The van der Waals surface area contributed by atoms with Crippen LogP contribution in [0.5, 0.6) is 0 Å². The zero-order valence-electron chi connectivity index (χ0n) is 17.0. The van der Waals surface area contributed by atoms with Crippen LogP contribution in [-0.2, 0) is 20.9 Å². The molecule has 3 aliphatic rings. The molecule has 5 rings (SSSR count). The molecular weight excluding hydrogens is 400 g/mol. The number of nitrogens with zero attached hydrogens (tertiary/aromatic N) is 4. The van der Waals surface area contributed by atoms with Crippen molar-refractivity contribution in [1.29, 1.82) is 0 Å². The second-order valence-corrected chi connectivity index (χ2v) is 10.7. The van der Waals surface area contributed by atoms with Gasteiger partial charge in [-0.2, -0.15) is 4.36 Å². The first-order chi connectivity index (χ1) is 14.5. The summed E-state index contributed by atoms with van der Waals surface area (Å²) in [6, 6.07) is 6.24. The fourth-order valence-electron chi connectivity index (χ4n) is 4.38. The fraction of sp³-hybridized carbons (Fsp3) is 0.455. The van der Waals surface area contributed by atoms with Crippen LogP contribution in [0.15, 0.2) is 34.8 Å². The van der Waals surface area contributed by atoms with Crippen LogP contribution < -0.4 is 4.90 Å². The summed E-state index contributed by atoms with van der Waals surface area (Å²) in [5.41, 5.74) is 4.99. The van der Waals surface area contributed by atoms with Crippen LogP contribution >= 0.6 is 0 Å². The van der Waals surface area contributed by atoms with Crippen LogP contribution in [0.25, 0.3) is 17.3 Å². The Labute approximate surface area is 177 Å². The SMILES string of the molecule is C[C@@H]1COCCN1c1cc(N=S2(=O)CC(CO)C2)nc(-c2ccnc3c2C=CC3)c1. The molecule has 2 saturated heterocycles. The number of aromatic nitrogens is 2. The fourth-order valence-corrected chi connectivity index (χ4v) is 6.55. The molecule has 2 aromatic rings. The smallest absolute Gasteiger partial charge is 0.164 e. The number of morpholine rings is 1. The van der Waals surface area contributed by atoms with Crippen LogP contribution in [0.1, 0.15) is 18.2 Å². The summed E-state index contributed by atoms with van der Waals surface area (Å²) in [7, 11) is -2.34. The van der Waals surface area contributed by atoms with Crippen LogP contribution in [0.3, 0.4) is 0 Å². The molecule has 7 nitrogen and oxygen atoms in total. The minimum absolute atomic E-state index is 0.0615. The number of fused-ring (bicyclic) bond motifs is 1. The largest absolute Gasteiger partial charge is 0.396 e. The number of ether oxygens (including phenoxy) is 1. The molecule has 2 fully saturated rings. The number of aliphatic hydroxyl groups excluding tert-OH is 1. The van der Waals surface area contributed by atoms with Crippen LogP contribution in [0.4, 0.5) is 11.5 Å². The Morgan fingerprint density at radius 3 is 3.03 bits per heavy atom. The van der Waals surface area contributed by atoms with Gasteiger partial charge in [0.15, 0.2) is 5.82 Å². The number of pyridine rings is 2. The normalized spacial score (nSPS) is 27.6. The van der Waals surface area contributed by atoms with E-state index in [2.05, 4.69) is 39.4 Å². The summed E-state index contributed by atoms with van der Waals surface area (Å²) in [5, 5.41) is 9.30. The molecule has 30 heavy (non-hydrogen) atoms. The van der Waals surface area contributed by atoms with E-state index in [0.717, 1.165) is 41.2 Å². The molecule has 1 N–H and O–H groups in total. The molecule has 0 saturated carbocycles. The molecule has 2 aliphatic heterocycles. The first-order valence-corrected chi connectivity index (χ1v) is 12.2. The molecule has 2 aromatic heterocycles. The van der Waals surface area contributed by atoms with Crippen molar-refractivity contribution in [3.8, 4) is 11.3 Å². The quantitative estimate of drug-likeness (QED) is 0.809. The Hall–Kier alpha value is -2.29. The summed E-state index contributed by atoms with van der Waals surface area (Å²) in [4.78, 5) is 11.6. The number of hydrogen-bond acceptors (Lipinski definition) is 7. The number of anilines is 1. The lowest BCUT2D eigenvalue weighted by Gasteiger charge is -2.35. The Kier molecular flexibility index (Phi) is 5.08. The van der Waals surface area contributed by atoms with E-state index in [1.54, 1.807) is 0 Å². The summed E-state index contributed by atoms with van der Waals surface area (Å²) >= 11 is 0. The maximum Gasteiger partial charge on any atom is 0.164 e. The van der Waals surface area contributed by atoms with Crippen molar-refractivity contribution in [3.05, 3.63) is 41.7 Å². The van der Waals surface area contributed by atoms with Crippen molar-refractivity contribution in [2.24, 2.45) is 10.3 Å². The Morgan fingerprint density at radius 1 is 1.37 bits per heavy atom. The van der Waals surface area contributed by atoms with Gasteiger partial charge in [-0.05, 0) is 19.1 Å². The van der Waals surface area contributed by atoms with E-state index in [1.165, 1.54) is 0 Å². The maximum absolute atomic E-state index is 13.0. The highest BCUT2D eigenvalue weighted by Gasteiger charge is 2.31. The summed E-state index contributed by atoms with van der Waals surface area (Å²) in [5.74, 6) is 1.45. The molecule has 0 aromatic carbocycles. The molecule has 8 heteroatoms. The third-order valence-electron chi connectivity index (χ3n) is 5.95. The van der Waals surface area contributed by atoms with Gasteiger partial charge in [-0.25, -0.2) is 9.19 Å². The zero-order chi connectivity index (χ0) is 20.7. The predicted molar refractivity (Wildman–Crippen MR) is 118 cm³/mol. The molecule has 1 aliphatic carbocycles. The average Bonchev–Trinajstić information content (AvgIpc) is 3.21. The second-order valence-electron chi connectivity index (χ2n) is 8.26. The van der Waals surface area contributed by atoms with E-state index in [1.807, 2.05) is 18.3 Å². The highest BCUT2D eigenvalue weighted by Crippen LogP contribution is 2.35. The number of allylic oxidation sites excluding steroid dienone is 1. The van der Waals surface area contributed by atoms with Gasteiger partial charge < -0.3 is 14.7 Å². The molecule has 0 radical (unpaired) electrons.